The average Bonchev–Trinajstić information content (AvgIpc) is 3.87. The normalized spacial score (nSPS) is 33.3. The Morgan fingerprint density at radius 1 is 0.691 bits per heavy atom. The first-order valence-corrected chi connectivity index (χ1v) is 27.6. The van der Waals surface area contributed by atoms with Gasteiger partial charge in [-0.3, -0.25) is 9.59 Å². The Morgan fingerprint density at radius 3 is 1.51 bits per heavy atom. The monoisotopic (exact) mass is 1020 g/mol. The molecule has 68 heavy (non-hydrogen) atoms. The lowest BCUT2D eigenvalue weighted by molar-refractivity contribution is -0.150. The van der Waals surface area contributed by atoms with Crippen molar-refractivity contribution in [2.24, 2.45) is 11.8 Å². The lowest BCUT2D eigenvalue weighted by Gasteiger charge is -2.35. The Morgan fingerprint density at radius 2 is 1.10 bits per heavy atom. The van der Waals surface area contributed by atoms with Crippen LogP contribution in [-0.2, 0) is 28.9 Å². The third-order valence-corrected chi connectivity index (χ3v) is 18.9. The maximum absolute atomic E-state index is 13.3. The number of hydrogen-bond donors (Lipinski definition) is 4. The van der Waals surface area contributed by atoms with Crippen LogP contribution in [0.1, 0.15) is 143 Å². The molecule has 2 aliphatic rings. The van der Waals surface area contributed by atoms with Crippen molar-refractivity contribution in [1.82, 2.24) is 9.97 Å². The summed E-state index contributed by atoms with van der Waals surface area (Å²) in [5, 5.41) is 47.7. The first-order chi connectivity index (χ1) is 31.5. The molecule has 0 saturated heterocycles. The van der Waals surface area contributed by atoms with Crippen LogP contribution >= 0.6 is 34.4 Å². The summed E-state index contributed by atoms with van der Waals surface area (Å²) in [4.78, 5) is 34.6. The van der Waals surface area contributed by atoms with Gasteiger partial charge in [-0.15, -0.1) is 34.4 Å². The van der Waals surface area contributed by atoms with E-state index in [1.54, 1.807) is 18.3 Å². The Kier molecular flexibility index (Phi) is 22.8. The van der Waals surface area contributed by atoms with E-state index in [0.29, 0.717) is 19.3 Å². The number of rotatable bonds is 4. The number of allylic oxidation sites excluding steroid dienone is 4. The zero-order valence-electron chi connectivity index (χ0n) is 42.6. The number of cyclic esters (lactones) is 2. The summed E-state index contributed by atoms with van der Waals surface area (Å²) < 4.78 is 36.0. The zero-order valence-corrected chi connectivity index (χ0v) is 45.8. The molecule has 16 heteroatoms. The van der Waals surface area contributed by atoms with Gasteiger partial charge in [-0.25, -0.2) is 18.4 Å². The highest BCUT2D eigenvalue weighted by molar-refractivity contribution is 8.01. The van der Waals surface area contributed by atoms with Gasteiger partial charge in [0.05, 0.1) is 68.7 Å². The first-order valence-electron chi connectivity index (χ1n) is 23.4. The number of nitrogens with zero attached hydrogens (tertiary/aromatic N) is 2. The highest BCUT2D eigenvalue weighted by Gasteiger charge is 2.48. The minimum Gasteiger partial charge on any atom is -0.457 e. The van der Waals surface area contributed by atoms with Gasteiger partial charge < -0.3 is 29.9 Å². The number of carbonyl (C=O) groups excluding carboxylic acids is 2. The number of aliphatic hydroxyl groups excluding tert-OH is 4. The Balaban J connectivity index is 0.000000361. The van der Waals surface area contributed by atoms with E-state index < -0.39 is 85.5 Å². The predicted octanol–water partition coefficient (Wildman–Crippen LogP) is 10.1. The van der Waals surface area contributed by atoms with Crippen molar-refractivity contribution in [1.29, 1.82) is 0 Å². The fourth-order valence-electron chi connectivity index (χ4n) is 7.70. The molecule has 0 saturated carbocycles. The quantitative estimate of drug-likeness (QED) is 0.167. The third-order valence-electron chi connectivity index (χ3n) is 12.8. The molecule has 4 rings (SSSR count). The smallest absolute Gasteiger partial charge is 0.309 e. The molecule has 0 fully saturated rings. The van der Waals surface area contributed by atoms with Gasteiger partial charge in [0.1, 0.15) is 12.2 Å². The molecule has 0 aliphatic carbocycles. The molecule has 4 N–H and O–H groups in total. The lowest BCUT2D eigenvalue weighted by Crippen LogP contribution is -2.52. The predicted molar refractivity (Wildman–Crippen MR) is 280 cm³/mol. The van der Waals surface area contributed by atoms with Crippen molar-refractivity contribution in [2.45, 2.75) is 192 Å². The van der Waals surface area contributed by atoms with E-state index in [1.165, 1.54) is 49.4 Å². The molecule has 0 unspecified atom stereocenters. The van der Waals surface area contributed by atoms with E-state index in [2.05, 4.69) is 35.1 Å². The summed E-state index contributed by atoms with van der Waals surface area (Å²) in [5.41, 5.74) is 5.59. The molecule has 10 atom stereocenters. The van der Waals surface area contributed by atoms with Crippen LogP contribution in [0.15, 0.2) is 69.5 Å². The molecule has 0 aromatic carbocycles. The highest BCUT2D eigenvalue weighted by atomic mass is 32.2. The largest absolute Gasteiger partial charge is 0.457 e. The molecular weight excluding hydrogens is 941 g/mol. The van der Waals surface area contributed by atoms with Gasteiger partial charge in [-0.05, 0) is 112 Å². The Labute approximate surface area is 418 Å². The van der Waals surface area contributed by atoms with Gasteiger partial charge in [-0.1, -0.05) is 68.4 Å². The van der Waals surface area contributed by atoms with Crippen molar-refractivity contribution in [2.75, 3.05) is 0 Å². The molecule has 4 heterocycles. The topological polar surface area (TPSA) is 193 Å². The van der Waals surface area contributed by atoms with Gasteiger partial charge in [0.2, 0.25) is 0 Å². The zero-order chi connectivity index (χ0) is 51.3. The number of aryl methyl sites for hydroxylation is 2. The van der Waals surface area contributed by atoms with Crippen LogP contribution in [0.4, 0.5) is 0 Å². The Bertz CT molecular complexity index is 2280. The molecule has 2 aliphatic heterocycles. The van der Waals surface area contributed by atoms with Crippen LogP contribution in [-0.4, -0.2) is 107 Å². The number of thioether (sulfide) groups is 1. The number of esters is 2. The maximum Gasteiger partial charge on any atom is 0.309 e. The average molecular weight is 1020 g/mol. The molecule has 2 aromatic heterocycles. The standard InChI is InChI=1S/C26H39NO6S2.C26H39NO4S2/c1-16-9-8-10-17(2)25(30)19(4)35(31,32)26(6,7)23(28)14-24(29)33-22(12-11-16)18(3)13-21-15-34-20(5)27-21;1-16-9-8-10-17(2)25(30)19(4)33-26(6,7)23(28)14-24(29)31-22(12-11-16)18(3)13-21-15-32-20(5)27-21/h8,10-11,13,15,17,19,22-23,25,28,30H,9,12,14H2,1-7H3;8,10-11,13,15,17,19,22-23,25,28,30H,9,12,14H2,1-7H3/b2*10-8-,16-11-,18-13+/t2*17-,19+,22-,23+,25-/m00/s1. The van der Waals surface area contributed by atoms with Crippen molar-refractivity contribution in [3.8, 4) is 0 Å². The molecule has 0 radical (unpaired) electrons. The van der Waals surface area contributed by atoms with Crippen LogP contribution < -0.4 is 0 Å². The van der Waals surface area contributed by atoms with Crippen LogP contribution in [0.3, 0.4) is 0 Å². The fraction of sp³-hybridized carbons (Fsp3) is 0.615. The summed E-state index contributed by atoms with van der Waals surface area (Å²) in [6.07, 6.45) is 12.5. The summed E-state index contributed by atoms with van der Waals surface area (Å²) >= 11 is 4.61. The van der Waals surface area contributed by atoms with Crippen LogP contribution in [0.25, 0.3) is 12.2 Å². The number of ether oxygens (including phenoxy) is 2. The maximum atomic E-state index is 13.3. The molecule has 12 nitrogen and oxygen atoms in total. The fourth-order valence-corrected chi connectivity index (χ4v) is 12.5. The second-order valence-electron chi connectivity index (χ2n) is 19.6. The number of hydrogen-bond acceptors (Lipinski definition) is 15. The summed E-state index contributed by atoms with van der Waals surface area (Å²) in [7, 11) is -4.01. The second kappa shape index (κ2) is 26.3. The van der Waals surface area contributed by atoms with Crippen molar-refractivity contribution < 1.29 is 47.9 Å². The van der Waals surface area contributed by atoms with E-state index >= 15 is 0 Å². The number of aromatic nitrogens is 2. The van der Waals surface area contributed by atoms with Crippen molar-refractivity contribution in [3.63, 3.8) is 0 Å². The summed E-state index contributed by atoms with van der Waals surface area (Å²) in [6.45, 7) is 25.5. The molecule has 0 amide bonds. The molecule has 0 bridgehead atoms. The number of sulfone groups is 1. The van der Waals surface area contributed by atoms with Gasteiger partial charge in [0.25, 0.3) is 0 Å². The first kappa shape index (κ1) is 59.1. The van der Waals surface area contributed by atoms with Gasteiger partial charge in [0.15, 0.2) is 9.84 Å². The number of aliphatic hydroxyl groups is 4. The van der Waals surface area contributed by atoms with Gasteiger partial charge >= 0.3 is 11.9 Å². The minimum absolute atomic E-state index is 0.00870. The van der Waals surface area contributed by atoms with Gasteiger partial charge in [0, 0.05) is 45.4 Å². The van der Waals surface area contributed by atoms with Crippen molar-refractivity contribution >= 4 is 68.4 Å². The molecular formula is C52H78N2O10S4. The van der Waals surface area contributed by atoms with E-state index in [9.17, 15) is 38.4 Å². The van der Waals surface area contributed by atoms with Crippen LogP contribution in [0, 0.1) is 25.7 Å². The summed E-state index contributed by atoms with van der Waals surface area (Å²) in [6, 6.07) is 0. The molecule has 2 aromatic rings. The molecule has 380 valence electrons. The number of thiazole rings is 2. The molecule has 0 spiro atoms. The Hall–Kier alpha value is -3.22. The SMILES string of the molecule is C/C1=C/C[C@@H](/C(C)=C/c2csc(C)n2)OC(=O)C[C@@H](O)C(C)(C)S(=O)(=O)[C@H](C)[C@@H](O)[C@@H](C)/C=C\C1.C/C1=C/C[C@@H](/C(C)=C/c2csc(C)n2)OC(=O)C[C@@H](O)C(C)(C)S[C@H](C)[C@@H](O)[C@@H](C)/C=C\C1. The lowest BCUT2D eigenvalue weighted by atomic mass is 10.00. The van der Waals surface area contributed by atoms with E-state index in [0.717, 1.165) is 44.5 Å². The highest BCUT2D eigenvalue weighted by Crippen LogP contribution is 2.37. The third kappa shape index (κ3) is 17.6. The second-order valence-corrected chi connectivity index (χ2v) is 26.6. The van der Waals surface area contributed by atoms with E-state index in [-0.39, 0.29) is 17.6 Å². The van der Waals surface area contributed by atoms with E-state index in [4.69, 9.17) is 9.47 Å². The number of carbonyl (C=O) groups is 2. The van der Waals surface area contributed by atoms with E-state index in [1.807, 2.05) is 103 Å². The van der Waals surface area contributed by atoms with Crippen molar-refractivity contribution in [3.05, 3.63) is 90.9 Å². The van der Waals surface area contributed by atoms with Gasteiger partial charge in [-0.2, -0.15) is 0 Å². The van der Waals surface area contributed by atoms with Crippen LogP contribution in [0.2, 0.25) is 0 Å². The minimum atomic E-state index is -4.01. The van der Waals surface area contributed by atoms with Crippen LogP contribution in [0.5, 0.6) is 0 Å². The summed E-state index contributed by atoms with van der Waals surface area (Å²) in [5.74, 6) is -1.53.